The summed E-state index contributed by atoms with van der Waals surface area (Å²) in [5, 5.41) is 12.9. The number of fused-ring (bicyclic) bond motifs is 1. The quantitative estimate of drug-likeness (QED) is 0.730. The smallest absolute Gasteiger partial charge is 0.239 e. The summed E-state index contributed by atoms with van der Waals surface area (Å²) >= 11 is 0. The third kappa shape index (κ3) is 1.78. The average molecular weight is 238 g/mol. The van der Waals surface area contributed by atoms with Gasteiger partial charge in [0.1, 0.15) is 0 Å². The van der Waals surface area contributed by atoms with Gasteiger partial charge in [-0.2, -0.15) is 0 Å². The first kappa shape index (κ1) is 11.5. The molecule has 17 heavy (non-hydrogen) atoms. The van der Waals surface area contributed by atoms with Gasteiger partial charge in [0.2, 0.25) is 5.91 Å². The van der Waals surface area contributed by atoms with E-state index in [2.05, 4.69) is 5.32 Å². The van der Waals surface area contributed by atoms with Crippen LogP contribution in [0.4, 0.5) is 0 Å². The Kier molecular flexibility index (Phi) is 2.87. The van der Waals surface area contributed by atoms with Crippen LogP contribution in [0.25, 0.3) is 0 Å². The summed E-state index contributed by atoms with van der Waals surface area (Å²) in [7, 11) is 0. The Morgan fingerprint density at radius 3 is 2.94 bits per heavy atom. The number of hydrogen-bond acceptors (Lipinski definition) is 3. The third-order valence-corrected chi connectivity index (χ3v) is 5.02. The number of aliphatic hydroxyl groups excluding tert-OH is 1. The van der Waals surface area contributed by atoms with Gasteiger partial charge in [-0.1, -0.05) is 6.42 Å². The largest absolute Gasteiger partial charge is 0.396 e. The van der Waals surface area contributed by atoms with E-state index in [1.54, 1.807) is 0 Å². The monoisotopic (exact) mass is 238 g/mol. The van der Waals surface area contributed by atoms with Crippen molar-refractivity contribution in [3.05, 3.63) is 0 Å². The maximum absolute atomic E-state index is 12.3. The van der Waals surface area contributed by atoms with Gasteiger partial charge in [0.25, 0.3) is 0 Å². The topological polar surface area (TPSA) is 52.6 Å². The van der Waals surface area contributed by atoms with Gasteiger partial charge in [0, 0.05) is 18.5 Å². The molecule has 2 N–H and O–H groups in total. The van der Waals surface area contributed by atoms with Crippen LogP contribution in [0, 0.1) is 11.3 Å². The van der Waals surface area contributed by atoms with E-state index in [-0.39, 0.29) is 24.0 Å². The molecular weight excluding hydrogens is 216 g/mol. The van der Waals surface area contributed by atoms with Crippen LogP contribution in [-0.2, 0) is 4.79 Å². The lowest BCUT2D eigenvalue weighted by Crippen LogP contribution is -2.43. The van der Waals surface area contributed by atoms with E-state index >= 15 is 0 Å². The number of carbonyl (C=O) groups excluding carboxylic acids is 1. The van der Waals surface area contributed by atoms with E-state index in [1.807, 2.05) is 4.90 Å². The van der Waals surface area contributed by atoms with Crippen molar-refractivity contribution in [2.45, 2.75) is 38.1 Å². The Hall–Kier alpha value is -0.610. The van der Waals surface area contributed by atoms with E-state index in [0.29, 0.717) is 5.92 Å². The zero-order chi connectivity index (χ0) is 11.9. The molecule has 4 nitrogen and oxygen atoms in total. The van der Waals surface area contributed by atoms with Gasteiger partial charge >= 0.3 is 0 Å². The molecule has 96 valence electrons. The summed E-state index contributed by atoms with van der Waals surface area (Å²) in [4.78, 5) is 14.3. The van der Waals surface area contributed by atoms with Crippen LogP contribution in [0.15, 0.2) is 0 Å². The number of nitrogens with zero attached hydrogens (tertiary/aromatic N) is 1. The van der Waals surface area contributed by atoms with Crippen molar-refractivity contribution < 1.29 is 9.90 Å². The third-order valence-electron chi connectivity index (χ3n) is 5.02. The fourth-order valence-corrected chi connectivity index (χ4v) is 3.96. The maximum atomic E-state index is 12.3. The van der Waals surface area contributed by atoms with Gasteiger partial charge in [-0.25, -0.2) is 0 Å². The molecule has 3 unspecified atom stereocenters. The molecule has 0 spiro atoms. The van der Waals surface area contributed by atoms with Crippen molar-refractivity contribution in [3.8, 4) is 0 Å². The highest BCUT2D eigenvalue weighted by Gasteiger charge is 2.50. The zero-order valence-electron chi connectivity index (χ0n) is 10.3. The zero-order valence-corrected chi connectivity index (χ0v) is 10.3. The van der Waals surface area contributed by atoms with E-state index in [9.17, 15) is 9.90 Å². The highest BCUT2D eigenvalue weighted by molar-refractivity contribution is 5.82. The van der Waals surface area contributed by atoms with Crippen molar-refractivity contribution in [2.75, 3.05) is 26.2 Å². The number of likely N-dealkylation sites (tertiary alicyclic amines) is 1. The Labute approximate surface area is 102 Å². The summed E-state index contributed by atoms with van der Waals surface area (Å²) in [6.07, 6.45) is 5.58. The second-order valence-corrected chi connectivity index (χ2v) is 5.98. The summed E-state index contributed by atoms with van der Waals surface area (Å²) in [6, 6.07) is 0.0459. The molecule has 1 saturated carbocycles. The molecule has 3 rings (SSSR count). The maximum Gasteiger partial charge on any atom is 0.239 e. The van der Waals surface area contributed by atoms with Gasteiger partial charge in [-0.05, 0) is 38.1 Å². The lowest BCUT2D eigenvalue weighted by molar-refractivity contribution is -0.132. The van der Waals surface area contributed by atoms with Gasteiger partial charge in [-0.3, -0.25) is 4.79 Å². The highest BCUT2D eigenvalue weighted by Crippen LogP contribution is 2.48. The Balaban J connectivity index is 1.69. The Morgan fingerprint density at radius 1 is 1.41 bits per heavy atom. The molecule has 0 aromatic rings. The van der Waals surface area contributed by atoms with Gasteiger partial charge < -0.3 is 15.3 Å². The SMILES string of the molecule is O=C(C1CCCN1)N1CC2CCCC2(CO)C1. The number of rotatable bonds is 2. The molecule has 0 aromatic carbocycles. The van der Waals surface area contributed by atoms with Crippen molar-refractivity contribution in [1.82, 2.24) is 10.2 Å². The minimum atomic E-state index is 0.0360. The summed E-state index contributed by atoms with van der Waals surface area (Å²) in [5.41, 5.74) is 0.0360. The number of aliphatic hydroxyl groups is 1. The van der Waals surface area contributed by atoms with E-state index in [4.69, 9.17) is 0 Å². The van der Waals surface area contributed by atoms with Crippen molar-refractivity contribution in [3.63, 3.8) is 0 Å². The molecule has 2 aliphatic heterocycles. The standard InChI is InChI=1S/C13H22N2O2/c16-9-13-5-1-3-10(13)7-15(8-13)12(17)11-4-2-6-14-11/h10-11,14,16H,1-9H2. The van der Waals surface area contributed by atoms with E-state index < -0.39 is 0 Å². The number of carbonyl (C=O) groups is 1. The van der Waals surface area contributed by atoms with Crippen molar-refractivity contribution in [1.29, 1.82) is 0 Å². The highest BCUT2D eigenvalue weighted by atomic mass is 16.3. The first-order chi connectivity index (χ1) is 8.25. The molecule has 4 heteroatoms. The summed E-state index contributed by atoms with van der Waals surface area (Å²) < 4.78 is 0. The van der Waals surface area contributed by atoms with E-state index in [1.165, 1.54) is 12.8 Å². The van der Waals surface area contributed by atoms with Crippen LogP contribution in [-0.4, -0.2) is 48.2 Å². The first-order valence-electron chi connectivity index (χ1n) is 6.88. The van der Waals surface area contributed by atoms with Crippen LogP contribution in [0.2, 0.25) is 0 Å². The first-order valence-corrected chi connectivity index (χ1v) is 6.88. The lowest BCUT2D eigenvalue weighted by Gasteiger charge is -2.26. The molecule has 1 aliphatic carbocycles. The minimum Gasteiger partial charge on any atom is -0.396 e. The molecule has 0 aromatic heterocycles. The Bertz CT molecular complexity index is 315. The predicted molar refractivity (Wildman–Crippen MR) is 64.5 cm³/mol. The predicted octanol–water partition coefficient (Wildman–Crippen LogP) is 0.359. The van der Waals surface area contributed by atoms with Crippen LogP contribution in [0.5, 0.6) is 0 Å². The number of hydrogen-bond donors (Lipinski definition) is 2. The van der Waals surface area contributed by atoms with Gasteiger partial charge in [0.15, 0.2) is 0 Å². The lowest BCUT2D eigenvalue weighted by atomic mass is 9.82. The molecule has 3 atom stereocenters. The normalized spacial score (nSPS) is 40.9. The molecule has 0 bridgehead atoms. The van der Waals surface area contributed by atoms with Crippen LogP contribution < -0.4 is 5.32 Å². The van der Waals surface area contributed by atoms with Crippen LogP contribution >= 0.6 is 0 Å². The number of amides is 1. The minimum absolute atomic E-state index is 0.0360. The fraction of sp³-hybridized carbons (Fsp3) is 0.923. The van der Waals surface area contributed by atoms with Crippen molar-refractivity contribution >= 4 is 5.91 Å². The number of nitrogens with one attached hydrogen (secondary N) is 1. The second kappa shape index (κ2) is 4.25. The molecule has 2 saturated heterocycles. The van der Waals surface area contributed by atoms with Crippen LogP contribution in [0.1, 0.15) is 32.1 Å². The molecule has 2 heterocycles. The fourth-order valence-electron chi connectivity index (χ4n) is 3.96. The molecule has 3 fully saturated rings. The molecule has 0 radical (unpaired) electrons. The van der Waals surface area contributed by atoms with Crippen molar-refractivity contribution in [2.24, 2.45) is 11.3 Å². The Morgan fingerprint density at radius 2 is 2.29 bits per heavy atom. The molecule has 1 amide bonds. The average Bonchev–Trinajstić information content (AvgIpc) is 3.03. The van der Waals surface area contributed by atoms with Gasteiger partial charge in [0.05, 0.1) is 12.6 Å². The van der Waals surface area contributed by atoms with Crippen LogP contribution in [0.3, 0.4) is 0 Å². The molecular formula is C13H22N2O2. The molecule has 3 aliphatic rings. The van der Waals surface area contributed by atoms with Gasteiger partial charge in [-0.15, -0.1) is 0 Å². The summed E-state index contributed by atoms with van der Waals surface area (Å²) in [5.74, 6) is 0.808. The van der Waals surface area contributed by atoms with E-state index in [0.717, 1.165) is 38.9 Å². The second-order valence-electron chi connectivity index (χ2n) is 5.98. The summed E-state index contributed by atoms with van der Waals surface area (Å²) in [6.45, 7) is 2.88.